The molecule has 0 aliphatic heterocycles. The van der Waals surface area contributed by atoms with Gasteiger partial charge in [-0.3, -0.25) is 0 Å². The minimum absolute atomic E-state index is 0.215. The lowest BCUT2D eigenvalue weighted by Crippen LogP contribution is -2.18. The Bertz CT molecular complexity index is 192. The Morgan fingerprint density at radius 2 is 2.00 bits per heavy atom. The van der Waals surface area contributed by atoms with Crippen LogP contribution in [0.15, 0.2) is 24.1 Å². The molecular weight excluding hydrogens is 148 g/mol. The lowest BCUT2D eigenvalue weighted by atomic mass is 10.1. The second-order valence-corrected chi connectivity index (χ2v) is 1.94. The number of hydrogen-bond donors (Lipinski definition) is 0. The van der Waals surface area contributed by atoms with Crippen molar-refractivity contribution in [2.24, 2.45) is 0 Å². The SMILES string of the molecule is FC1=CC(F)C=CC1(F)F. The monoisotopic (exact) mass is 152 g/mol. The second kappa shape index (κ2) is 2.11. The van der Waals surface area contributed by atoms with Crippen LogP contribution in [-0.4, -0.2) is 12.1 Å². The normalized spacial score (nSPS) is 30.0. The molecular formula is C6H4F4. The van der Waals surface area contributed by atoms with E-state index in [1.807, 2.05) is 0 Å². The molecule has 1 unspecified atom stereocenters. The molecule has 0 aromatic heterocycles. The van der Waals surface area contributed by atoms with E-state index in [2.05, 4.69) is 0 Å². The van der Waals surface area contributed by atoms with Crippen LogP contribution in [0.25, 0.3) is 0 Å². The number of rotatable bonds is 0. The molecule has 10 heavy (non-hydrogen) atoms. The summed E-state index contributed by atoms with van der Waals surface area (Å²) in [7, 11) is 0. The van der Waals surface area contributed by atoms with Crippen LogP contribution in [0.5, 0.6) is 0 Å². The molecule has 0 aromatic rings. The topological polar surface area (TPSA) is 0 Å². The molecule has 1 atom stereocenters. The van der Waals surface area contributed by atoms with Crippen LogP contribution in [0.4, 0.5) is 17.6 Å². The predicted molar refractivity (Wildman–Crippen MR) is 28.2 cm³/mol. The zero-order valence-electron chi connectivity index (χ0n) is 4.82. The van der Waals surface area contributed by atoms with Gasteiger partial charge < -0.3 is 0 Å². The maximum Gasteiger partial charge on any atom is 0.317 e. The zero-order chi connectivity index (χ0) is 7.78. The highest BCUT2D eigenvalue weighted by molar-refractivity contribution is 5.24. The number of alkyl halides is 3. The van der Waals surface area contributed by atoms with Crippen molar-refractivity contribution >= 4 is 0 Å². The highest BCUT2D eigenvalue weighted by Gasteiger charge is 2.34. The predicted octanol–water partition coefficient (Wildman–Crippen LogP) is 2.38. The third kappa shape index (κ3) is 1.20. The van der Waals surface area contributed by atoms with Crippen molar-refractivity contribution in [2.45, 2.75) is 12.1 Å². The number of halogens is 4. The van der Waals surface area contributed by atoms with E-state index in [1.54, 1.807) is 0 Å². The van der Waals surface area contributed by atoms with Crippen LogP contribution in [0.2, 0.25) is 0 Å². The average Bonchev–Trinajstić information content (AvgIpc) is 1.81. The van der Waals surface area contributed by atoms with E-state index in [-0.39, 0.29) is 12.2 Å². The summed E-state index contributed by atoms with van der Waals surface area (Å²) in [6.07, 6.45) is -0.643. The minimum Gasteiger partial charge on any atom is -0.238 e. The Kier molecular flexibility index (Phi) is 1.54. The quantitative estimate of drug-likeness (QED) is 0.369. The summed E-state index contributed by atoms with van der Waals surface area (Å²) in [5, 5.41) is 0. The Morgan fingerprint density at radius 1 is 1.40 bits per heavy atom. The van der Waals surface area contributed by atoms with Crippen molar-refractivity contribution in [3.05, 3.63) is 24.1 Å². The highest BCUT2D eigenvalue weighted by atomic mass is 19.3. The fourth-order valence-electron chi connectivity index (χ4n) is 0.599. The molecule has 0 fully saturated rings. The smallest absolute Gasteiger partial charge is 0.238 e. The molecule has 56 valence electrons. The number of allylic oxidation sites excluding steroid dienone is 4. The third-order valence-corrected chi connectivity index (χ3v) is 1.11. The molecule has 0 amide bonds. The van der Waals surface area contributed by atoms with E-state index >= 15 is 0 Å². The largest absolute Gasteiger partial charge is 0.317 e. The molecule has 0 bridgehead atoms. The van der Waals surface area contributed by atoms with Gasteiger partial charge in [-0.25, -0.2) is 8.78 Å². The lowest BCUT2D eigenvalue weighted by Gasteiger charge is -2.13. The minimum atomic E-state index is -3.61. The van der Waals surface area contributed by atoms with Gasteiger partial charge in [0.15, 0.2) is 5.83 Å². The number of hydrogen-bond acceptors (Lipinski definition) is 0. The first-order valence-electron chi connectivity index (χ1n) is 2.61. The molecule has 0 saturated heterocycles. The molecule has 0 radical (unpaired) electrons. The van der Waals surface area contributed by atoms with Gasteiger partial charge in [0.2, 0.25) is 0 Å². The van der Waals surface area contributed by atoms with E-state index in [0.29, 0.717) is 6.08 Å². The molecule has 0 saturated carbocycles. The zero-order valence-corrected chi connectivity index (χ0v) is 4.82. The summed E-state index contributed by atoms with van der Waals surface area (Å²) in [6.45, 7) is 0. The van der Waals surface area contributed by atoms with E-state index in [1.165, 1.54) is 0 Å². The summed E-state index contributed by atoms with van der Waals surface area (Å²) >= 11 is 0. The van der Waals surface area contributed by atoms with Crippen LogP contribution in [0, 0.1) is 0 Å². The van der Waals surface area contributed by atoms with Crippen molar-refractivity contribution in [3.8, 4) is 0 Å². The molecule has 1 aliphatic carbocycles. The fourth-order valence-corrected chi connectivity index (χ4v) is 0.599. The molecule has 1 rings (SSSR count). The Balaban J connectivity index is 2.87. The van der Waals surface area contributed by atoms with E-state index in [4.69, 9.17) is 0 Å². The molecule has 0 N–H and O–H groups in total. The molecule has 1 aliphatic rings. The van der Waals surface area contributed by atoms with Gasteiger partial charge in [0.1, 0.15) is 6.17 Å². The van der Waals surface area contributed by atoms with Crippen molar-refractivity contribution < 1.29 is 17.6 Å². The van der Waals surface area contributed by atoms with E-state index < -0.39 is 17.9 Å². The summed E-state index contributed by atoms with van der Waals surface area (Å²) in [6, 6.07) is 0. The third-order valence-electron chi connectivity index (χ3n) is 1.11. The van der Waals surface area contributed by atoms with Crippen LogP contribution < -0.4 is 0 Å². The van der Waals surface area contributed by atoms with Crippen molar-refractivity contribution in [3.63, 3.8) is 0 Å². The van der Waals surface area contributed by atoms with Crippen molar-refractivity contribution in [1.29, 1.82) is 0 Å². The molecule has 0 spiro atoms. The molecule has 0 nitrogen and oxygen atoms in total. The van der Waals surface area contributed by atoms with Crippen LogP contribution in [-0.2, 0) is 0 Å². The van der Waals surface area contributed by atoms with Gasteiger partial charge in [-0.05, 0) is 18.2 Å². The van der Waals surface area contributed by atoms with Crippen LogP contribution >= 0.6 is 0 Å². The van der Waals surface area contributed by atoms with Gasteiger partial charge in [-0.15, -0.1) is 0 Å². The van der Waals surface area contributed by atoms with Gasteiger partial charge >= 0.3 is 5.92 Å². The first-order valence-corrected chi connectivity index (χ1v) is 2.61. The maximum atomic E-state index is 12.1. The van der Waals surface area contributed by atoms with E-state index in [0.717, 1.165) is 0 Å². The Morgan fingerprint density at radius 3 is 2.40 bits per heavy atom. The lowest BCUT2D eigenvalue weighted by molar-refractivity contribution is 0.0657. The standard InChI is InChI=1S/C6H4F4/c7-4-1-2-6(9,10)5(8)3-4/h1-4H. The molecule has 0 heterocycles. The summed E-state index contributed by atoms with van der Waals surface area (Å²) in [5.41, 5.74) is 0. The first kappa shape index (κ1) is 7.31. The van der Waals surface area contributed by atoms with E-state index in [9.17, 15) is 17.6 Å². The van der Waals surface area contributed by atoms with Gasteiger partial charge in [0.25, 0.3) is 0 Å². The highest BCUT2D eigenvalue weighted by Crippen LogP contribution is 2.30. The Labute approximate surface area is 54.8 Å². The molecule has 0 aromatic carbocycles. The summed E-state index contributed by atoms with van der Waals surface area (Å²) in [4.78, 5) is 0. The Hall–Kier alpha value is -0.800. The first-order chi connectivity index (χ1) is 4.52. The van der Waals surface area contributed by atoms with Crippen LogP contribution in [0.1, 0.15) is 0 Å². The van der Waals surface area contributed by atoms with Crippen molar-refractivity contribution in [2.75, 3.05) is 0 Å². The van der Waals surface area contributed by atoms with Gasteiger partial charge in [0, 0.05) is 0 Å². The van der Waals surface area contributed by atoms with Crippen molar-refractivity contribution in [1.82, 2.24) is 0 Å². The molecule has 4 heteroatoms. The van der Waals surface area contributed by atoms with Gasteiger partial charge in [-0.1, -0.05) is 0 Å². The fraction of sp³-hybridized carbons (Fsp3) is 0.333. The second-order valence-electron chi connectivity index (χ2n) is 1.94. The van der Waals surface area contributed by atoms with Gasteiger partial charge in [0.05, 0.1) is 0 Å². The summed E-state index contributed by atoms with van der Waals surface area (Å²) in [5.74, 6) is -5.33. The average molecular weight is 152 g/mol. The summed E-state index contributed by atoms with van der Waals surface area (Å²) < 4.78 is 48.2. The van der Waals surface area contributed by atoms with Crippen LogP contribution in [0.3, 0.4) is 0 Å². The van der Waals surface area contributed by atoms with Gasteiger partial charge in [-0.2, -0.15) is 8.78 Å². The maximum absolute atomic E-state index is 12.1.